The smallest absolute Gasteiger partial charge is 0.340 e. The number of hydrogen-bond donors (Lipinski definition) is 2. The second-order valence-electron chi connectivity index (χ2n) is 4.05. The molecular formula is C14H15ClN2O2S. The second kappa shape index (κ2) is 6.63. The Bertz CT molecular complexity index is 613. The minimum Gasteiger partial charge on any atom is -0.462 e. The normalized spacial score (nSPS) is 10.3. The van der Waals surface area contributed by atoms with Crippen LogP contribution in [0.2, 0.25) is 4.34 Å². The average Bonchev–Trinajstić information content (AvgIpc) is 2.83. The molecule has 6 heteroatoms. The van der Waals surface area contributed by atoms with Crippen molar-refractivity contribution in [1.29, 1.82) is 0 Å². The number of thiophene rings is 1. The van der Waals surface area contributed by atoms with E-state index in [0.717, 1.165) is 9.21 Å². The number of ether oxygens (including phenoxy) is 1. The van der Waals surface area contributed by atoms with Crippen molar-refractivity contribution in [1.82, 2.24) is 0 Å². The summed E-state index contributed by atoms with van der Waals surface area (Å²) in [7, 11) is 0. The van der Waals surface area contributed by atoms with Crippen molar-refractivity contribution in [2.24, 2.45) is 0 Å². The second-order valence-corrected chi connectivity index (χ2v) is 5.85. The van der Waals surface area contributed by atoms with Crippen molar-refractivity contribution < 1.29 is 9.53 Å². The standard InChI is InChI=1S/C14H15ClN2O2S/c1-2-19-14(18)10-4-3-5-11(13(10)16)17-8-9-6-7-12(15)20-9/h3-7,17H,2,8,16H2,1H3. The molecule has 0 amide bonds. The molecule has 106 valence electrons. The lowest BCUT2D eigenvalue weighted by Gasteiger charge is -2.11. The molecule has 0 spiro atoms. The minimum atomic E-state index is -0.409. The first-order chi connectivity index (χ1) is 9.61. The Morgan fingerprint density at radius 1 is 1.40 bits per heavy atom. The summed E-state index contributed by atoms with van der Waals surface area (Å²) in [5.41, 5.74) is 7.48. The summed E-state index contributed by atoms with van der Waals surface area (Å²) in [4.78, 5) is 12.8. The summed E-state index contributed by atoms with van der Waals surface area (Å²) in [6.07, 6.45) is 0. The van der Waals surface area contributed by atoms with E-state index in [1.165, 1.54) is 11.3 Å². The number of nitrogens with one attached hydrogen (secondary N) is 1. The van der Waals surface area contributed by atoms with Gasteiger partial charge >= 0.3 is 5.97 Å². The molecule has 0 fully saturated rings. The molecule has 4 nitrogen and oxygen atoms in total. The Hall–Kier alpha value is -1.72. The van der Waals surface area contributed by atoms with Gasteiger partial charge in [-0.2, -0.15) is 0 Å². The van der Waals surface area contributed by atoms with Crippen molar-refractivity contribution in [3.63, 3.8) is 0 Å². The van der Waals surface area contributed by atoms with Crippen LogP contribution in [0.15, 0.2) is 30.3 Å². The van der Waals surface area contributed by atoms with Crippen molar-refractivity contribution in [2.75, 3.05) is 17.7 Å². The number of carbonyl (C=O) groups is 1. The van der Waals surface area contributed by atoms with Gasteiger partial charge in [0, 0.05) is 11.4 Å². The van der Waals surface area contributed by atoms with E-state index in [9.17, 15) is 4.79 Å². The Morgan fingerprint density at radius 2 is 2.20 bits per heavy atom. The molecule has 0 saturated carbocycles. The highest BCUT2D eigenvalue weighted by Gasteiger charge is 2.13. The first-order valence-corrected chi connectivity index (χ1v) is 7.35. The van der Waals surface area contributed by atoms with E-state index in [-0.39, 0.29) is 0 Å². The van der Waals surface area contributed by atoms with Gasteiger partial charge in [0.15, 0.2) is 0 Å². The number of hydrogen-bond acceptors (Lipinski definition) is 5. The van der Waals surface area contributed by atoms with Crippen LogP contribution < -0.4 is 11.1 Å². The number of para-hydroxylation sites is 1. The van der Waals surface area contributed by atoms with E-state index in [2.05, 4.69) is 5.32 Å². The van der Waals surface area contributed by atoms with E-state index in [1.807, 2.05) is 18.2 Å². The van der Waals surface area contributed by atoms with E-state index >= 15 is 0 Å². The summed E-state index contributed by atoms with van der Waals surface area (Å²) < 4.78 is 5.71. The number of esters is 1. The molecule has 20 heavy (non-hydrogen) atoms. The maximum atomic E-state index is 11.7. The molecule has 0 atom stereocenters. The Balaban J connectivity index is 2.12. The lowest BCUT2D eigenvalue weighted by Crippen LogP contribution is -2.10. The molecule has 0 aliphatic heterocycles. The third-order valence-electron chi connectivity index (χ3n) is 2.68. The summed E-state index contributed by atoms with van der Waals surface area (Å²) in [5, 5.41) is 3.20. The quantitative estimate of drug-likeness (QED) is 0.651. The SMILES string of the molecule is CCOC(=O)c1cccc(NCc2ccc(Cl)s2)c1N. The summed E-state index contributed by atoms with van der Waals surface area (Å²) in [5.74, 6) is -0.409. The molecule has 1 heterocycles. The fraction of sp³-hybridized carbons (Fsp3) is 0.214. The summed E-state index contributed by atoms with van der Waals surface area (Å²) in [6, 6.07) is 9.05. The van der Waals surface area contributed by atoms with Crippen molar-refractivity contribution in [3.8, 4) is 0 Å². The first-order valence-electron chi connectivity index (χ1n) is 6.15. The van der Waals surface area contributed by atoms with Crippen LogP contribution in [0.3, 0.4) is 0 Å². The number of nitrogen functional groups attached to an aromatic ring is 1. The zero-order valence-electron chi connectivity index (χ0n) is 11.0. The predicted molar refractivity (Wildman–Crippen MR) is 83.5 cm³/mol. The van der Waals surface area contributed by atoms with Crippen LogP contribution in [-0.4, -0.2) is 12.6 Å². The van der Waals surface area contributed by atoms with Gasteiger partial charge < -0.3 is 15.8 Å². The number of anilines is 2. The molecule has 2 aromatic rings. The van der Waals surface area contributed by atoms with Gasteiger partial charge in [0.25, 0.3) is 0 Å². The molecule has 1 aromatic heterocycles. The maximum absolute atomic E-state index is 11.7. The van der Waals surface area contributed by atoms with Crippen LogP contribution in [0, 0.1) is 0 Å². The van der Waals surface area contributed by atoms with Crippen LogP contribution in [-0.2, 0) is 11.3 Å². The highest BCUT2D eigenvalue weighted by atomic mass is 35.5. The van der Waals surface area contributed by atoms with Crippen molar-refractivity contribution >= 4 is 40.3 Å². The van der Waals surface area contributed by atoms with Crippen LogP contribution >= 0.6 is 22.9 Å². The number of nitrogens with two attached hydrogens (primary N) is 1. The molecule has 0 bridgehead atoms. The fourth-order valence-corrected chi connectivity index (χ4v) is 2.76. The zero-order chi connectivity index (χ0) is 14.5. The Labute approximate surface area is 126 Å². The molecule has 0 aliphatic carbocycles. The van der Waals surface area contributed by atoms with E-state index in [0.29, 0.717) is 30.1 Å². The number of carbonyl (C=O) groups excluding carboxylic acids is 1. The lowest BCUT2D eigenvalue weighted by atomic mass is 10.1. The van der Waals surface area contributed by atoms with Crippen LogP contribution in [0.4, 0.5) is 11.4 Å². The largest absolute Gasteiger partial charge is 0.462 e. The van der Waals surface area contributed by atoms with E-state index in [4.69, 9.17) is 22.1 Å². The van der Waals surface area contributed by atoms with Gasteiger partial charge in [-0.1, -0.05) is 17.7 Å². The zero-order valence-corrected chi connectivity index (χ0v) is 12.6. The molecule has 0 aliphatic rings. The predicted octanol–water partition coefficient (Wildman–Crippen LogP) is 3.77. The maximum Gasteiger partial charge on any atom is 0.340 e. The van der Waals surface area contributed by atoms with Crippen LogP contribution in [0.1, 0.15) is 22.2 Å². The third kappa shape index (κ3) is 3.43. The van der Waals surface area contributed by atoms with E-state index in [1.54, 1.807) is 19.1 Å². The highest BCUT2D eigenvalue weighted by Crippen LogP contribution is 2.26. The lowest BCUT2D eigenvalue weighted by molar-refractivity contribution is 0.0527. The third-order valence-corrected chi connectivity index (χ3v) is 3.91. The van der Waals surface area contributed by atoms with E-state index < -0.39 is 5.97 Å². The van der Waals surface area contributed by atoms with Gasteiger partial charge in [-0.3, -0.25) is 0 Å². The molecule has 0 unspecified atom stereocenters. The van der Waals surface area contributed by atoms with Crippen molar-refractivity contribution in [2.45, 2.75) is 13.5 Å². The van der Waals surface area contributed by atoms with Gasteiger partial charge in [0.2, 0.25) is 0 Å². The molecule has 2 rings (SSSR count). The first kappa shape index (κ1) is 14.7. The molecule has 1 aromatic carbocycles. The number of halogens is 1. The van der Waals surface area contributed by atoms with Gasteiger partial charge in [-0.25, -0.2) is 4.79 Å². The van der Waals surface area contributed by atoms with Gasteiger partial charge in [-0.05, 0) is 31.2 Å². The van der Waals surface area contributed by atoms with Crippen molar-refractivity contribution in [3.05, 3.63) is 45.1 Å². The minimum absolute atomic E-state index is 0.323. The molecular weight excluding hydrogens is 296 g/mol. The molecule has 0 radical (unpaired) electrons. The fourth-order valence-electron chi connectivity index (χ4n) is 1.74. The monoisotopic (exact) mass is 310 g/mol. The molecule has 3 N–H and O–H groups in total. The van der Waals surface area contributed by atoms with Crippen LogP contribution in [0.5, 0.6) is 0 Å². The summed E-state index contributed by atoms with van der Waals surface area (Å²) in [6.45, 7) is 2.69. The Kier molecular flexibility index (Phi) is 4.87. The van der Waals surface area contributed by atoms with Gasteiger partial charge in [0.05, 0.1) is 27.9 Å². The number of benzene rings is 1. The molecule has 0 saturated heterocycles. The highest BCUT2D eigenvalue weighted by molar-refractivity contribution is 7.16. The van der Waals surface area contributed by atoms with Crippen LogP contribution in [0.25, 0.3) is 0 Å². The van der Waals surface area contributed by atoms with Gasteiger partial charge in [0.1, 0.15) is 0 Å². The van der Waals surface area contributed by atoms with Gasteiger partial charge in [-0.15, -0.1) is 11.3 Å². The number of rotatable bonds is 5. The average molecular weight is 311 g/mol. The summed E-state index contributed by atoms with van der Waals surface area (Å²) >= 11 is 7.38. The topological polar surface area (TPSA) is 64.3 Å². The Morgan fingerprint density at radius 3 is 2.85 bits per heavy atom.